The summed E-state index contributed by atoms with van der Waals surface area (Å²) in [7, 11) is 0. The predicted molar refractivity (Wildman–Crippen MR) is 122 cm³/mol. The zero-order valence-electron chi connectivity index (χ0n) is 17.5. The molecule has 2 aromatic heterocycles. The highest BCUT2D eigenvalue weighted by Gasteiger charge is 2.19. The van der Waals surface area contributed by atoms with Crippen molar-refractivity contribution in [3.8, 4) is 0 Å². The molecule has 1 aliphatic carbocycles. The average Bonchev–Trinajstić information content (AvgIpc) is 2.81. The quantitative estimate of drug-likeness (QED) is 0.421. The Morgan fingerprint density at radius 2 is 1.77 bits per heavy atom. The van der Waals surface area contributed by atoms with Gasteiger partial charge in [0.1, 0.15) is 0 Å². The summed E-state index contributed by atoms with van der Waals surface area (Å²) in [6.07, 6.45) is 11.2. The van der Waals surface area contributed by atoms with Crippen molar-refractivity contribution in [3.05, 3.63) is 82.2 Å². The molecule has 0 spiro atoms. The first-order chi connectivity index (χ1) is 14.7. The lowest BCUT2D eigenvalue weighted by Gasteiger charge is -2.24. The van der Waals surface area contributed by atoms with Gasteiger partial charge >= 0.3 is 0 Å². The molecule has 0 amide bonds. The highest BCUT2D eigenvalue weighted by Crippen LogP contribution is 2.30. The van der Waals surface area contributed by atoms with Gasteiger partial charge in [-0.25, -0.2) is 4.98 Å². The molecule has 4 heteroatoms. The van der Waals surface area contributed by atoms with E-state index in [0.29, 0.717) is 0 Å². The van der Waals surface area contributed by atoms with E-state index in [1.165, 1.54) is 19.3 Å². The maximum Gasteiger partial charge on any atom is 0.261 e. The number of nitrogens with zero attached hydrogens (tertiary/aromatic N) is 3. The highest BCUT2D eigenvalue weighted by atomic mass is 16.1. The molecular formula is C26H27N3O. The van der Waals surface area contributed by atoms with Crippen LogP contribution in [0, 0.1) is 0 Å². The van der Waals surface area contributed by atoms with Crippen molar-refractivity contribution in [2.24, 2.45) is 0 Å². The number of hydrogen-bond acceptors (Lipinski definition) is 3. The summed E-state index contributed by atoms with van der Waals surface area (Å²) >= 11 is 0. The van der Waals surface area contributed by atoms with Gasteiger partial charge in [0.15, 0.2) is 0 Å². The van der Waals surface area contributed by atoms with Crippen LogP contribution >= 0.6 is 0 Å². The number of hydrogen-bond donors (Lipinski definition) is 0. The molecule has 1 saturated carbocycles. The Bertz CT molecular complexity index is 1250. The number of benzene rings is 2. The van der Waals surface area contributed by atoms with E-state index in [0.717, 1.165) is 64.2 Å². The van der Waals surface area contributed by atoms with Crippen molar-refractivity contribution in [1.29, 1.82) is 0 Å². The second-order valence-corrected chi connectivity index (χ2v) is 8.41. The zero-order chi connectivity index (χ0) is 20.5. The van der Waals surface area contributed by atoms with Crippen molar-refractivity contribution in [2.75, 3.05) is 0 Å². The van der Waals surface area contributed by atoms with Crippen molar-refractivity contribution >= 4 is 21.7 Å². The first kappa shape index (κ1) is 19.0. The van der Waals surface area contributed by atoms with Crippen LogP contribution in [0.3, 0.4) is 0 Å². The van der Waals surface area contributed by atoms with Gasteiger partial charge in [-0.1, -0.05) is 56.5 Å². The molecule has 1 aliphatic rings. The van der Waals surface area contributed by atoms with Gasteiger partial charge in [-0.3, -0.25) is 14.3 Å². The minimum atomic E-state index is 0.0957. The fourth-order valence-corrected chi connectivity index (χ4v) is 4.80. The second-order valence-electron chi connectivity index (χ2n) is 8.41. The van der Waals surface area contributed by atoms with Gasteiger partial charge in [0.05, 0.1) is 17.2 Å². The molecule has 2 aromatic carbocycles. The SMILES string of the molecule is CCc1ccc(Cc2cc3c(=O)n(C4CCCCC4)cnc3c3ccccc23)cn1. The summed E-state index contributed by atoms with van der Waals surface area (Å²) in [6, 6.07) is 14.9. The van der Waals surface area contributed by atoms with Gasteiger partial charge in [0, 0.05) is 23.3 Å². The molecule has 4 nitrogen and oxygen atoms in total. The lowest BCUT2D eigenvalue weighted by Crippen LogP contribution is -2.26. The number of aromatic nitrogens is 3. The van der Waals surface area contributed by atoms with E-state index in [9.17, 15) is 4.79 Å². The van der Waals surface area contributed by atoms with Gasteiger partial charge in [-0.15, -0.1) is 0 Å². The van der Waals surface area contributed by atoms with Gasteiger partial charge in [-0.05, 0) is 54.3 Å². The van der Waals surface area contributed by atoms with Crippen LogP contribution in [0.5, 0.6) is 0 Å². The van der Waals surface area contributed by atoms with Crippen LogP contribution < -0.4 is 5.56 Å². The first-order valence-corrected chi connectivity index (χ1v) is 11.1. The summed E-state index contributed by atoms with van der Waals surface area (Å²) in [5, 5.41) is 2.94. The second kappa shape index (κ2) is 8.02. The van der Waals surface area contributed by atoms with E-state index in [1.54, 1.807) is 6.33 Å². The summed E-state index contributed by atoms with van der Waals surface area (Å²) < 4.78 is 1.89. The third-order valence-corrected chi connectivity index (χ3v) is 6.49. The number of pyridine rings is 1. The molecule has 1 fully saturated rings. The van der Waals surface area contributed by atoms with Gasteiger partial charge in [0.25, 0.3) is 5.56 Å². The minimum absolute atomic E-state index is 0.0957. The number of aryl methyl sites for hydroxylation is 1. The minimum Gasteiger partial charge on any atom is -0.296 e. The van der Waals surface area contributed by atoms with Gasteiger partial charge < -0.3 is 0 Å². The molecule has 0 N–H and O–H groups in total. The fraction of sp³-hybridized carbons (Fsp3) is 0.346. The molecular weight excluding hydrogens is 370 g/mol. The first-order valence-electron chi connectivity index (χ1n) is 11.1. The number of fused-ring (bicyclic) bond motifs is 3. The third kappa shape index (κ3) is 3.41. The van der Waals surface area contributed by atoms with E-state index in [2.05, 4.69) is 48.3 Å². The predicted octanol–water partition coefficient (Wildman–Crippen LogP) is 5.60. The average molecular weight is 398 g/mol. The Labute approximate surface area is 176 Å². The topological polar surface area (TPSA) is 47.8 Å². The van der Waals surface area contributed by atoms with Crippen LogP contribution in [0.1, 0.15) is 61.9 Å². The Morgan fingerprint density at radius 1 is 0.967 bits per heavy atom. The smallest absolute Gasteiger partial charge is 0.261 e. The third-order valence-electron chi connectivity index (χ3n) is 6.49. The Hall–Kier alpha value is -3.01. The van der Waals surface area contributed by atoms with Crippen molar-refractivity contribution in [3.63, 3.8) is 0 Å². The van der Waals surface area contributed by atoms with E-state index < -0.39 is 0 Å². The van der Waals surface area contributed by atoms with Crippen LogP contribution in [-0.4, -0.2) is 14.5 Å². The van der Waals surface area contributed by atoms with Crippen LogP contribution in [0.2, 0.25) is 0 Å². The highest BCUT2D eigenvalue weighted by molar-refractivity contribution is 6.06. The standard InChI is InChI=1S/C26H27N3O/c1-2-20-13-12-18(16-27-20)14-19-15-24-25(23-11-7-6-10-22(19)23)28-17-29(26(24)30)21-8-4-3-5-9-21/h6-7,10-13,15-17,21H,2-5,8-9,14H2,1H3. The summed E-state index contributed by atoms with van der Waals surface area (Å²) in [5.41, 5.74) is 4.32. The molecule has 0 radical (unpaired) electrons. The van der Waals surface area contributed by atoms with E-state index in [4.69, 9.17) is 4.98 Å². The summed E-state index contributed by atoms with van der Waals surface area (Å²) in [4.78, 5) is 22.8. The van der Waals surface area contributed by atoms with Crippen LogP contribution in [0.25, 0.3) is 21.7 Å². The molecule has 0 aliphatic heterocycles. The monoisotopic (exact) mass is 397 g/mol. The zero-order valence-corrected chi connectivity index (χ0v) is 17.5. The Morgan fingerprint density at radius 3 is 2.50 bits per heavy atom. The molecule has 0 atom stereocenters. The molecule has 152 valence electrons. The lowest BCUT2D eigenvalue weighted by atomic mass is 9.94. The van der Waals surface area contributed by atoms with Crippen molar-refractivity contribution in [1.82, 2.24) is 14.5 Å². The summed E-state index contributed by atoms with van der Waals surface area (Å²) in [6.45, 7) is 2.11. The maximum absolute atomic E-state index is 13.5. The van der Waals surface area contributed by atoms with Crippen LogP contribution in [0.4, 0.5) is 0 Å². The fourth-order valence-electron chi connectivity index (χ4n) is 4.80. The number of rotatable bonds is 4. The molecule has 4 aromatic rings. The largest absolute Gasteiger partial charge is 0.296 e. The van der Waals surface area contributed by atoms with Crippen LogP contribution in [0.15, 0.2) is 59.8 Å². The molecule has 2 heterocycles. The molecule has 0 saturated heterocycles. The normalized spacial score (nSPS) is 15.1. The lowest BCUT2D eigenvalue weighted by molar-refractivity contribution is 0.345. The maximum atomic E-state index is 13.5. The molecule has 0 unspecified atom stereocenters. The van der Waals surface area contributed by atoms with Gasteiger partial charge in [-0.2, -0.15) is 0 Å². The molecule has 30 heavy (non-hydrogen) atoms. The van der Waals surface area contributed by atoms with E-state index in [1.807, 2.05) is 16.8 Å². The Balaban J connectivity index is 1.66. The van der Waals surface area contributed by atoms with Crippen molar-refractivity contribution < 1.29 is 0 Å². The molecule has 5 rings (SSSR count). The van der Waals surface area contributed by atoms with E-state index >= 15 is 0 Å². The Kier molecular flexibility index (Phi) is 5.07. The van der Waals surface area contributed by atoms with E-state index in [-0.39, 0.29) is 11.6 Å². The van der Waals surface area contributed by atoms with Gasteiger partial charge in [0.2, 0.25) is 0 Å². The van der Waals surface area contributed by atoms with Crippen molar-refractivity contribution in [2.45, 2.75) is 57.9 Å². The van der Waals surface area contributed by atoms with Crippen LogP contribution in [-0.2, 0) is 12.8 Å². The summed E-state index contributed by atoms with van der Waals surface area (Å²) in [5.74, 6) is 0. The molecule has 0 bridgehead atoms.